The molecule has 0 bridgehead atoms. The summed E-state index contributed by atoms with van der Waals surface area (Å²) in [6.07, 6.45) is 0. The lowest BCUT2D eigenvalue weighted by Gasteiger charge is -2.05. The van der Waals surface area contributed by atoms with Crippen LogP contribution in [0.1, 0.15) is 5.56 Å². The van der Waals surface area contributed by atoms with Crippen LogP contribution in [0.3, 0.4) is 0 Å². The van der Waals surface area contributed by atoms with Crippen LogP contribution in [0.25, 0.3) is 0 Å². The molecule has 2 aromatic carbocycles. The molecule has 0 fully saturated rings. The molecule has 0 heterocycles. The van der Waals surface area contributed by atoms with Gasteiger partial charge in [-0.05, 0) is 35.9 Å². The van der Waals surface area contributed by atoms with Gasteiger partial charge in [0.1, 0.15) is 11.6 Å². The minimum absolute atomic E-state index is 0.0856. The number of benzene rings is 2. The van der Waals surface area contributed by atoms with E-state index in [-0.39, 0.29) is 10.8 Å². The Hall–Kier alpha value is -1.26. The standard InChI is InChI=1S/C13H10ClF2NS/c14-10-3-1-8(5-11(10)15)7-18-13-4-2-9(17)6-12(13)16/h1-6H,7,17H2. The predicted molar refractivity (Wildman–Crippen MR) is 71.8 cm³/mol. The van der Waals surface area contributed by atoms with Crippen LogP contribution in [0, 0.1) is 11.6 Å². The van der Waals surface area contributed by atoms with E-state index in [2.05, 4.69) is 0 Å². The first kappa shape index (κ1) is 13.2. The zero-order chi connectivity index (χ0) is 13.1. The molecule has 0 amide bonds. The fourth-order valence-corrected chi connectivity index (χ4v) is 2.41. The molecule has 5 heteroatoms. The van der Waals surface area contributed by atoms with E-state index in [0.29, 0.717) is 16.3 Å². The maximum Gasteiger partial charge on any atom is 0.142 e. The molecule has 0 saturated carbocycles. The summed E-state index contributed by atoms with van der Waals surface area (Å²) in [6, 6.07) is 9.07. The number of hydrogen-bond donors (Lipinski definition) is 1. The Balaban J connectivity index is 2.09. The minimum Gasteiger partial charge on any atom is -0.399 e. The summed E-state index contributed by atoms with van der Waals surface area (Å²) in [5.74, 6) is -0.364. The van der Waals surface area contributed by atoms with Crippen molar-refractivity contribution in [3.63, 3.8) is 0 Å². The average molecular weight is 286 g/mol. The normalized spacial score (nSPS) is 10.6. The molecule has 94 valence electrons. The maximum absolute atomic E-state index is 13.5. The largest absolute Gasteiger partial charge is 0.399 e. The SMILES string of the molecule is Nc1ccc(SCc2ccc(Cl)c(F)c2)c(F)c1. The summed E-state index contributed by atoms with van der Waals surface area (Å²) < 4.78 is 26.7. The first-order valence-electron chi connectivity index (χ1n) is 5.18. The van der Waals surface area contributed by atoms with Crippen molar-refractivity contribution in [2.45, 2.75) is 10.6 Å². The van der Waals surface area contributed by atoms with Gasteiger partial charge in [-0.3, -0.25) is 0 Å². The molecule has 2 rings (SSSR count). The van der Waals surface area contributed by atoms with Crippen LogP contribution < -0.4 is 5.73 Å². The molecule has 0 saturated heterocycles. The van der Waals surface area contributed by atoms with E-state index in [9.17, 15) is 8.78 Å². The van der Waals surface area contributed by atoms with Crippen LogP contribution in [0.15, 0.2) is 41.3 Å². The highest BCUT2D eigenvalue weighted by Crippen LogP contribution is 2.27. The van der Waals surface area contributed by atoms with Crippen molar-refractivity contribution < 1.29 is 8.78 Å². The third kappa shape index (κ3) is 3.15. The number of rotatable bonds is 3. The van der Waals surface area contributed by atoms with Crippen LogP contribution in [0.4, 0.5) is 14.5 Å². The van der Waals surface area contributed by atoms with Gasteiger partial charge in [0.2, 0.25) is 0 Å². The molecule has 18 heavy (non-hydrogen) atoms. The number of hydrogen-bond acceptors (Lipinski definition) is 2. The second-order valence-corrected chi connectivity index (χ2v) is 5.15. The Bertz CT molecular complexity index is 575. The number of halogens is 3. The summed E-state index contributed by atoms with van der Waals surface area (Å²) in [7, 11) is 0. The second-order valence-electron chi connectivity index (χ2n) is 3.73. The van der Waals surface area contributed by atoms with Gasteiger partial charge < -0.3 is 5.73 Å². The van der Waals surface area contributed by atoms with Crippen molar-refractivity contribution >= 4 is 29.1 Å². The Morgan fingerprint density at radius 1 is 1.06 bits per heavy atom. The van der Waals surface area contributed by atoms with E-state index in [0.717, 1.165) is 5.56 Å². The average Bonchev–Trinajstić information content (AvgIpc) is 2.32. The summed E-state index contributed by atoms with van der Waals surface area (Å²) >= 11 is 6.87. The first-order valence-corrected chi connectivity index (χ1v) is 6.54. The zero-order valence-corrected chi connectivity index (χ0v) is 10.9. The molecule has 0 unspecified atom stereocenters. The maximum atomic E-state index is 13.5. The molecule has 0 aliphatic rings. The lowest BCUT2D eigenvalue weighted by Crippen LogP contribution is -1.89. The Morgan fingerprint density at radius 3 is 2.50 bits per heavy atom. The Labute approximate surface area is 113 Å². The fraction of sp³-hybridized carbons (Fsp3) is 0.0769. The molecule has 2 N–H and O–H groups in total. The summed E-state index contributed by atoms with van der Waals surface area (Å²) in [6.45, 7) is 0. The lowest BCUT2D eigenvalue weighted by atomic mass is 10.2. The van der Waals surface area contributed by atoms with Crippen LogP contribution in [0.5, 0.6) is 0 Å². The Morgan fingerprint density at radius 2 is 1.83 bits per heavy atom. The highest BCUT2D eigenvalue weighted by molar-refractivity contribution is 7.98. The van der Waals surface area contributed by atoms with Gasteiger partial charge in [0.15, 0.2) is 0 Å². The number of anilines is 1. The van der Waals surface area contributed by atoms with Gasteiger partial charge in [0.05, 0.1) is 5.02 Å². The summed E-state index contributed by atoms with van der Waals surface area (Å²) in [5, 5.41) is 0.0856. The van der Waals surface area contributed by atoms with Crippen molar-refractivity contribution in [2.24, 2.45) is 0 Å². The van der Waals surface area contributed by atoms with Crippen LogP contribution in [-0.4, -0.2) is 0 Å². The minimum atomic E-state index is -0.465. The van der Waals surface area contributed by atoms with E-state index < -0.39 is 5.82 Å². The van der Waals surface area contributed by atoms with Crippen molar-refractivity contribution in [3.8, 4) is 0 Å². The molecule has 0 aliphatic carbocycles. The number of nitrogen functional groups attached to an aromatic ring is 1. The van der Waals surface area contributed by atoms with Gasteiger partial charge >= 0.3 is 0 Å². The predicted octanol–water partition coefficient (Wildman–Crippen LogP) is 4.49. The third-order valence-electron chi connectivity index (χ3n) is 2.33. The Kier molecular flexibility index (Phi) is 4.09. The molecule has 0 aliphatic heterocycles. The van der Waals surface area contributed by atoms with Crippen molar-refractivity contribution in [2.75, 3.05) is 5.73 Å². The first-order chi connectivity index (χ1) is 8.56. The van der Waals surface area contributed by atoms with Gasteiger partial charge in [0, 0.05) is 16.3 Å². The van der Waals surface area contributed by atoms with E-state index >= 15 is 0 Å². The van der Waals surface area contributed by atoms with E-state index in [1.165, 1.54) is 30.0 Å². The monoisotopic (exact) mass is 285 g/mol. The molecule has 0 atom stereocenters. The van der Waals surface area contributed by atoms with Crippen LogP contribution in [-0.2, 0) is 5.75 Å². The molecule has 2 aromatic rings. The molecule has 0 aromatic heterocycles. The van der Waals surface area contributed by atoms with Crippen molar-refractivity contribution in [1.29, 1.82) is 0 Å². The van der Waals surface area contributed by atoms with Gasteiger partial charge in [-0.15, -0.1) is 11.8 Å². The van der Waals surface area contributed by atoms with Crippen LogP contribution >= 0.6 is 23.4 Å². The van der Waals surface area contributed by atoms with Crippen molar-refractivity contribution in [3.05, 3.63) is 58.6 Å². The highest BCUT2D eigenvalue weighted by atomic mass is 35.5. The highest BCUT2D eigenvalue weighted by Gasteiger charge is 2.05. The lowest BCUT2D eigenvalue weighted by molar-refractivity contribution is 0.602. The van der Waals surface area contributed by atoms with E-state index in [4.69, 9.17) is 17.3 Å². The fourth-order valence-electron chi connectivity index (χ4n) is 1.42. The van der Waals surface area contributed by atoms with Crippen LogP contribution in [0.2, 0.25) is 5.02 Å². The third-order valence-corrected chi connectivity index (χ3v) is 3.76. The summed E-state index contributed by atoms with van der Waals surface area (Å²) in [5.41, 5.74) is 6.59. The molecule has 0 radical (unpaired) electrons. The van der Waals surface area contributed by atoms with Gasteiger partial charge in [-0.1, -0.05) is 17.7 Å². The van der Waals surface area contributed by atoms with E-state index in [1.54, 1.807) is 18.2 Å². The number of thioether (sulfide) groups is 1. The second kappa shape index (κ2) is 5.59. The topological polar surface area (TPSA) is 26.0 Å². The molecular weight excluding hydrogens is 276 g/mol. The quantitative estimate of drug-likeness (QED) is 0.664. The molecule has 0 spiro atoms. The van der Waals surface area contributed by atoms with Gasteiger partial charge in [-0.25, -0.2) is 8.78 Å². The van der Waals surface area contributed by atoms with Crippen molar-refractivity contribution in [1.82, 2.24) is 0 Å². The smallest absolute Gasteiger partial charge is 0.142 e. The molecular formula is C13H10ClF2NS. The van der Waals surface area contributed by atoms with Gasteiger partial charge in [-0.2, -0.15) is 0 Å². The number of nitrogens with two attached hydrogens (primary N) is 1. The molecule has 1 nitrogen and oxygen atoms in total. The summed E-state index contributed by atoms with van der Waals surface area (Å²) in [4.78, 5) is 0.486. The zero-order valence-electron chi connectivity index (χ0n) is 9.29. The van der Waals surface area contributed by atoms with Gasteiger partial charge in [0.25, 0.3) is 0 Å². The van der Waals surface area contributed by atoms with E-state index in [1.807, 2.05) is 0 Å².